The van der Waals surface area contributed by atoms with Crippen molar-refractivity contribution in [3.63, 3.8) is 0 Å². The van der Waals surface area contributed by atoms with Crippen molar-refractivity contribution in [2.24, 2.45) is 11.7 Å². The molecule has 0 aromatic heterocycles. The third-order valence-electron chi connectivity index (χ3n) is 2.90. The van der Waals surface area contributed by atoms with Crippen molar-refractivity contribution in [2.45, 2.75) is 33.2 Å². The number of sulfonamides is 1. The molecule has 7 heteroatoms. The molecule has 0 saturated carbocycles. The summed E-state index contributed by atoms with van der Waals surface area (Å²) in [5, 5.41) is 2.68. The zero-order chi connectivity index (χ0) is 16.0. The molecule has 0 aliphatic carbocycles. The zero-order valence-corrected chi connectivity index (χ0v) is 13.4. The van der Waals surface area contributed by atoms with Crippen LogP contribution in [-0.2, 0) is 14.8 Å². The average Bonchev–Trinajstić information content (AvgIpc) is 2.37. The molecule has 0 heterocycles. The molecule has 21 heavy (non-hydrogen) atoms. The first-order chi connectivity index (χ1) is 9.75. The molecule has 0 bridgehead atoms. The van der Waals surface area contributed by atoms with Gasteiger partial charge in [-0.05, 0) is 30.5 Å². The van der Waals surface area contributed by atoms with E-state index in [1.807, 2.05) is 13.8 Å². The minimum atomic E-state index is -3.35. The van der Waals surface area contributed by atoms with Gasteiger partial charge in [0.05, 0.1) is 17.5 Å². The molecule has 0 saturated heterocycles. The highest BCUT2D eigenvalue weighted by molar-refractivity contribution is 7.92. The van der Waals surface area contributed by atoms with E-state index >= 15 is 0 Å². The Labute approximate surface area is 126 Å². The third-order valence-corrected chi connectivity index (χ3v) is 4.39. The molecule has 0 radical (unpaired) electrons. The molecule has 1 atom stereocenters. The van der Waals surface area contributed by atoms with Gasteiger partial charge in [0.25, 0.3) is 0 Å². The first-order valence-corrected chi connectivity index (χ1v) is 8.57. The Balaban J connectivity index is 2.80. The molecular formula is C14H23N3O3S. The molecule has 118 valence electrons. The smallest absolute Gasteiger partial charge is 0.241 e. The maximum atomic E-state index is 11.9. The lowest BCUT2D eigenvalue weighted by atomic mass is 10.0. The van der Waals surface area contributed by atoms with E-state index in [-0.39, 0.29) is 17.6 Å². The standard InChI is InChI=1S/C14H23N3O3S/c1-4-8-21(19,20)17-12-7-5-6-11(9-12)16-14(18)13(15)10(2)3/h5-7,9-10,13,17H,4,8,15H2,1-3H3,(H,16,18)/t13-/m0/s1. The van der Waals surface area contributed by atoms with Crippen LogP contribution < -0.4 is 15.8 Å². The lowest BCUT2D eigenvalue weighted by Gasteiger charge is -2.16. The Morgan fingerprint density at radius 3 is 2.48 bits per heavy atom. The number of carbonyl (C=O) groups is 1. The summed E-state index contributed by atoms with van der Waals surface area (Å²) in [4.78, 5) is 11.9. The lowest BCUT2D eigenvalue weighted by molar-refractivity contribution is -0.118. The van der Waals surface area contributed by atoms with Crippen molar-refractivity contribution in [1.29, 1.82) is 0 Å². The molecule has 0 aliphatic rings. The quantitative estimate of drug-likeness (QED) is 0.714. The summed E-state index contributed by atoms with van der Waals surface area (Å²) in [5.74, 6) is -0.211. The molecule has 6 nitrogen and oxygen atoms in total. The summed E-state index contributed by atoms with van der Waals surface area (Å²) in [6.45, 7) is 5.52. The number of hydrogen-bond donors (Lipinski definition) is 3. The SMILES string of the molecule is CCCS(=O)(=O)Nc1cccc(NC(=O)[C@@H](N)C(C)C)c1. The summed E-state index contributed by atoms with van der Waals surface area (Å²) < 4.78 is 25.9. The van der Waals surface area contributed by atoms with Gasteiger partial charge in [-0.15, -0.1) is 0 Å². The highest BCUT2D eigenvalue weighted by Crippen LogP contribution is 2.17. The summed E-state index contributed by atoms with van der Waals surface area (Å²) in [6.07, 6.45) is 0.537. The normalized spacial score (nSPS) is 13.0. The number of benzene rings is 1. The van der Waals surface area contributed by atoms with Crippen LogP contribution in [0.5, 0.6) is 0 Å². The molecule has 0 unspecified atom stereocenters. The maximum absolute atomic E-state index is 11.9. The Morgan fingerprint density at radius 2 is 1.90 bits per heavy atom. The van der Waals surface area contributed by atoms with Crippen molar-refractivity contribution < 1.29 is 13.2 Å². The number of amides is 1. The van der Waals surface area contributed by atoms with Crippen LogP contribution in [0.2, 0.25) is 0 Å². The minimum absolute atomic E-state index is 0.0243. The van der Waals surface area contributed by atoms with Crippen LogP contribution in [0, 0.1) is 5.92 Å². The van der Waals surface area contributed by atoms with Crippen molar-refractivity contribution in [3.05, 3.63) is 24.3 Å². The predicted molar refractivity (Wildman–Crippen MR) is 85.6 cm³/mol. The molecule has 1 amide bonds. The lowest BCUT2D eigenvalue weighted by Crippen LogP contribution is -2.39. The highest BCUT2D eigenvalue weighted by atomic mass is 32.2. The summed E-state index contributed by atoms with van der Waals surface area (Å²) in [5.41, 5.74) is 6.69. The van der Waals surface area contributed by atoms with E-state index < -0.39 is 16.1 Å². The molecule has 4 N–H and O–H groups in total. The summed E-state index contributed by atoms with van der Waals surface area (Å²) >= 11 is 0. The van der Waals surface area contributed by atoms with E-state index in [2.05, 4.69) is 10.0 Å². The number of anilines is 2. The van der Waals surface area contributed by atoms with Gasteiger partial charge in [-0.2, -0.15) is 0 Å². The van der Waals surface area contributed by atoms with E-state index in [0.29, 0.717) is 17.8 Å². The number of nitrogens with two attached hydrogens (primary N) is 1. The van der Waals surface area contributed by atoms with E-state index in [9.17, 15) is 13.2 Å². The molecule has 0 spiro atoms. The monoisotopic (exact) mass is 313 g/mol. The Hall–Kier alpha value is -1.60. The largest absolute Gasteiger partial charge is 0.325 e. The van der Waals surface area contributed by atoms with Gasteiger partial charge in [-0.3, -0.25) is 9.52 Å². The minimum Gasteiger partial charge on any atom is -0.325 e. The number of rotatable bonds is 7. The summed E-state index contributed by atoms with van der Waals surface area (Å²) in [7, 11) is -3.35. The Kier molecular flexibility index (Phi) is 6.17. The predicted octanol–water partition coefficient (Wildman–Crippen LogP) is 1.76. The van der Waals surface area contributed by atoms with E-state index in [1.165, 1.54) is 0 Å². The second-order valence-electron chi connectivity index (χ2n) is 5.26. The van der Waals surface area contributed by atoms with Crippen LogP contribution >= 0.6 is 0 Å². The van der Waals surface area contributed by atoms with Gasteiger partial charge >= 0.3 is 0 Å². The van der Waals surface area contributed by atoms with Crippen LogP contribution in [0.1, 0.15) is 27.2 Å². The van der Waals surface area contributed by atoms with Crippen LogP contribution in [0.3, 0.4) is 0 Å². The van der Waals surface area contributed by atoms with Gasteiger partial charge < -0.3 is 11.1 Å². The van der Waals surface area contributed by atoms with E-state index in [1.54, 1.807) is 31.2 Å². The first kappa shape index (κ1) is 17.5. The Morgan fingerprint density at radius 1 is 1.29 bits per heavy atom. The number of hydrogen-bond acceptors (Lipinski definition) is 4. The summed E-state index contributed by atoms with van der Waals surface area (Å²) in [6, 6.07) is 5.94. The van der Waals surface area contributed by atoms with Crippen molar-refractivity contribution >= 4 is 27.3 Å². The van der Waals surface area contributed by atoms with Gasteiger partial charge in [0.15, 0.2) is 0 Å². The van der Waals surface area contributed by atoms with Gasteiger partial charge in [0.1, 0.15) is 0 Å². The third kappa shape index (κ3) is 5.73. The molecule has 0 fully saturated rings. The van der Waals surface area contributed by atoms with Gasteiger partial charge in [0.2, 0.25) is 15.9 Å². The molecule has 1 rings (SSSR count). The van der Waals surface area contributed by atoms with Crippen molar-refractivity contribution in [2.75, 3.05) is 15.8 Å². The number of nitrogens with one attached hydrogen (secondary N) is 2. The van der Waals surface area contributed by atoms with Crippen LogP contribution in [-0.4, -0.2) is 26.1 Å². The Bertz CT molecular complexity index is 585. The van der Waals surface area contributed by atoms with E-state index in [4.69, 9.17) is 5.73 Å². The topological polar surface area (TPSA) is 101 Å². The van der Waals surface area contributed by atoms with Crippen LogP contribution in [0.4, 0.5) is 11.4 Å². The van der Waals surface area contributed by atoms with Gasteiger partial charge in [-0.1, -0.05) is 26.8 Å². The van der Waals surface area contributed by atoms with Crippen molar-refractivity contribution in [3.8, 4) is 0 Å². The second-order valence-corrected chi connectivity index (χ2v) is 7.10. The fourth-order valence-electron chi connectivity index (χ4n) is 1.69. The average molecular weight is 313 g/mol. The highest BCUT2D eigenvalue weighted by Gasteiger charge is 2.17. The van der Waals surface area contributed by atoms with Crippen LogP contribution in [0.15, 0.2) is 24.3 Å². The number of carbonyl (C=O) groups excluding carboxylic acids is 1. The molecule has 1 aromatic carbocycles. The first-order valence-electron chi connectivity index (χ1n) is 6.92. The fourth-order valence-corrected chi connectivity index (χ4v) is 2.81. The van der Waals surface area contributed by atoms with Crippen LogP contribution in [0.25, 0.3) is 0 Å². The van der Waals surface area contributed by atoms with E-state index in [0.717, 1.165) is 0 Å². The zero-order valence-electron chi connectivity index (χ0n) is 12.6. The molecule has 1 aromatic rings. The molecular weight excluding hydrogens is 290 g/mol. The molecule has 0 aliphatic heterocycles. The maximum Gasteiger partial charge on any atom is 0.241 e. The van der Waals surface area contributed by atoms with Gasteiger partial charge in [0, 0.05) is 5.69 Å². The van der Waals surface area contributed by atoms with Crippen molar-refractivity contribution in [1.82, 2.24) is 0 Å². The second kappa shape index (κ2) is 7.42. The fraction of sp³-hybridized carbons (Fsp3) is 0.500. The van der Waals surface area contributed by atoms with Gasteiger partial charge in [-0.25, -0.2) is 8.42 Å².